The van der Waals surface area contributed by atoms with Crippen LogP contribution in [0.15, 0.2) is 18.2 Å². The standard InChI is InChI=1S/C15H21BrO/c1-11(2)14(9-16)10-17-15-7-6-12-4-3-5-13(12)8-15/h6-8,11,14H,3-5,9-10H2,1-2H3. The molecule has 0 bridgehead atoms. The molecule has 1 nitrogen and oxygen atoms in total. The second-order valence-electron chi connectivity index (χ2n) is 5.25. The summed E-state index contributed by atoms with van der Waals surface area (Å²) >= 11 is 3.56. The van der Waals surface area contributed by atoms with Crippen molar-refractivity contribution in [1.82, 2.24) is 0 Å². The summed E-state index contributed by atoms with van der Waals surface area (Å²) < 4.78 is 5.92. The summed E-state index contributed by atoms with van der Waals surface area (Å²) in [4.78, 5) is 0. The van der Waals surface area contributed by atoms with Gasteiger partial charge in [-0.15, -0.1) is 0 Å². The summed E-state index contributed by atoms with van der Waals surface area (Å²) in [6.07, 6.45) is 3.76. The fourth-order valence-corrected chi connectivity index (χ4v) is 3.19. The Labute approximate surface area is 113 Å². The first-order chi connectivity index (χ1) is 8.20. The lowest BCUT2D eigenvalue weighted by Gasteiger charge is -2.19. The Hall–Kier alpha value is -0.500. The minimum Gasteiger partial charge on any atom is -0.493 e. The van der Waals surface area contributed by atoms with Crippen LogP contribution in [0.5, 0.6) is 5.75 Å². The van der Waals surface area contributed by atoms with Crippen molar-refractivity contribution in [3.8, 4) is 5.75 Å². The van der Waals surface area contributed by atoms with Gasteiger partial charge in [-0.25, -0.2) is 0 Å². The second kappa shape index (κ2) is 5.90. The predicted octanol–water partition coefficient (Wildman–Crippen LogP) is 4.22. The van der Waals surface area contributed by atoms with Gasteiger partial charge in [0.25, 0.3) is 0 Å². The number of halogens is 1. The fourth-order valence-electron chi connectivity index (χ4n) is 2.26. The van der Waals surface area contributed by atoms with Crippen LogP contribution in [-0.4, -0.2) is 11.9 Å². The number of rotatable bonds is 5. The van der Waals surface area contributed by atoms with Gasteiger partial charge in [0.05, 0.1) is 6.61 Å². The maximum atomic E-state index is 5.92. The van der Waals surface area contributed by atoms with Crippen LogP contribution in [-0.2, 0) is 12.8 Å². The smallest absolute Gasteiger partial charge is 0.119 e. The van der Waals surface area contributed by atoms with Gasteiger partial charge in [0, 0.05) is 11.2 Å². The highest BCUT2D eigenvalue weighted by Crippen LogP contribution is 2.26. The number of hydrogen-bond donors (Lipinski definition) is 0. The molecule has 1 atom stereocenters. The first-order valence-electron chi connectivity index (χ1n) is 6.51. The van der Waals surface area contributed by atoms with Crippen molar-refractivity contribution in [3.05, 3.63) is 29.3 Å². The second-order valence-corrected chi connectivity index (χ2v) is 5.90. The van der Waals surface area contributed by atoms with Crippen molar-refractivity contribution in [2.75, 3.05) is 11.9 Å². The minimum atomic E-state index is 0.586. The van der Waals surface area contributed by atoms with E-state index in [0.29, 0.717) is 11.8 Å². The first kappa shape index (κ1) is 12.9. The predicted molar refractivity (Wildman–Crippen MR) is 76.1 cm³/mol. The van der Waals surface area contributed by atoms with Gasteiger partial charge in [0.2, 0.25) is 0 Å². The van der Waals surface area contributed by atoms with Crippen molar-refractivity contribution in [3.63, 3.8) is 0 Å². The Bertz CT molecular complexity index is 373. The molecule has 0 saturated heterocycles. The molecule has 0 aromatic heterocycles. The zero-order valence-corrected chi connectivity index (χ0v) is 12.3. The number of aryl methyl sites for hydroxylation is 2. The van der Waals surface area contributed by atoms with Crippen molar-refractivity contribution >= 4 is 15.9 Å². The molecule has 17 heavy (non-hydrogen) atoms. The number of ether oxygens (including phenoxy) is 1. The van der Waals surface area contributed by atoms with E-state index >= 15 is 0 Å². The molecule has 1 unspecified atom stereocenters. The van der Waals surface area contributed by atoms with Crippen LogP contribution in [0.4, 0.5) is 0 Å². The van der Waals surface area contributed by atoms with Crippen molar-refractivity contribution in [2.24, 2.45) is 11.8 Å². The fraction of sp³-hybridized carbons (Fsp3) is 0.600. The summed E-state index contributed by atoms with van der Waals surface area (Å²) in [5.74, 6) is 2.28. The van der Waals surface area contributed by atoms with E-state index < -0.39 is 0 Å². The highest BCUT2D eigenvalue weighted by Gasteiger charge is 2.14. The Morgan fingerprint density at radius 3 is 2.71 bits per heavy atom. The highest BCUT2D eigenvalue weighted by molar-refractivity contribution is 9.09. The molecule has 2 rings (SSSR count). The van der Waals surface area contributed by atoms with Gasteiger partial charge in [-0.1, -0.05) is 35.8 Å². The Morgan fingerprint density at radius 1 is 1.24 bits per heavy atom. The molecule has 0 saturated carbocycles. The average molecular weight is 297 g/mol. The number of hydrogen-bond acceptors (Lipinski definition) is 1. The molecule has 0 heterocycles. The Kier molecular flexibility index (Phi) is 4.49. The van der Waals surface area contributed by atoms with Gasteiger partial charge in [-0.05, 0) is 48.4 Å². The van der Waals surface area contributed by atoms with Crippen molar-refractivity contribution in [2.45, 2.75) is 33.1 Å². The van der Waals surface area contributed by atoms with E-state index in [9.17, 15) is 0 Å². The van der Waals surface area contributed by atoms with Crippen LogP contribution in [0, 0.1) is 11.8 Å². The zero-order valence-electron chi connectivity index (χ0n) is 10.7. The number of alkyl halides is 1. The van der Waals surface area contributed by atoms with E-state index in [1.165, 1.54) is 30.4 Å². The van der Waals surface area contributed by atoms with Crippen molar-refractivity contribution < 1.29 is 4.74 Å². The lowest BCUT2D eigenvalue weighted by Crippen LogP contribution is -2.19. The van der Waals surface area contributed by atoms with E-state index in [-0.39, 0.29) is 0 Å². The van der Waals surface area contributed by atoms with Gasteiger partial charge < -0.3 is 4.74 Å². The maximum absolute atomic E-state index is 5.92. The van der Waals surface area contributed by atoms with Crippen LogP contribution in [0.25, 0.3) is 0 Å². The molecule has 1 aromatic carbocycles. The lowest BCUT2D eigenvalue weighted by molar-refractivity contribution is 0.227. The summed E-state index contributed by atoms with van der Waals surface area (Å²) in [6.45, 7) is 5.30. The van der Waals surface area contributed by atoms with Crippen LogP contribution in [0.3, 0.4) is 0 Å². The molecule has 1 aromatic rings. The summed E-state index contributed by atoms with van der Waals surface area (Å²) in [5.41, 5.74) is 3.00. The molecule has 0 spiro atoms. The molecule has 0 aliphatic heterocycles. The van der Waals surface area contributed by atoms with Crippen LogP contribution >= 0.6 is 15.9 Å². The molecule has 94 valence electrons. The first-order valence-corrected chi connectivity index (χ1v) is 7.63. The third kappa shape index (κ3) is 3.25. The van der Waals surface area contributed by atoms with E-state index in [4.69, 9.17) is 4.74 Å². The highest BCUT2D eigenvalue weighted by atomic mass is 79.9. The molecule has 0 N–H and O–H groups in total. The summed E-state index contributed by atoms with van der Waals surface area (Å²) in [6, 6.07) is 6.58. The number of benzene rings is 1. The molecular weight excluding hydrogens is 276 g/mol. The van der Waals surface area contributed by atoms with Gasteiger partial charge >= 0.3 is 0 Å². The zero-order chi connectivity index (χ0) is 12.3. The molecule has 0 radical (unpaired) electrons. The lowest BCUT2D eigenvalue weighted by atomic mass is 9.99. The summed E-state index contributed by atoms with van der Waals surface area (Å²) in [7, 11) is 0. The van der Waals surface area contributed by atoms with Crippen LogP contribution < -0.4 is 4.74 Å². The quantitative estimate of drug-likeness (QED) is 0.739. The van der Waals surface area contributed by atoms with Crippen LogP contribution in [0.1, 0.15) is 31.4 Å². The summed E-state index contributed by atoms with van der Waals surface area (Å²) in [5, 5.41) is 1.01. The SMILES string of the molecule is CC(C)C(CBr)COc1ccc2c(c1)CCC2. The molecular formula is C15H21BrO. The normalized spacial score (nSPS) is 16.0. The largest absolute Gasteiger partial charge is 0.493 e. The minimum absolute atomic E-state index is 0.586. The monoisotopic (exact) mass is 296 g/mol. The third-order valence-electron chi connectivity index (χ3n) is 3.68. The molecule has 2 heteroatoms. The van der Waals surface area contributed by atoms with Gasteiger partial charge in [0.15, 0.2) is 0 Å². The maximum Gasteiger partial charge on any atom is 0.119 e. The molecule has 0 fully saturated rings. The van der Waals surface area contributed by atoms with Crippen molar-refractivity contribution in [1.29, 1.82) is 0 Å². The van der Waals surface area contributed by atoms with Gasteiger partial charge in [-0.3, -0.25) is 0 Å². The third-order valence-corrected chi connectivity index (χ3v) is 4.51. The van der Waals surface area contributed by atoms with Gasteiger partial charge in [0.1, 0.15) is 5.75 Å². The van der Waals surface area contributed by atoms with E-state index in [1.54, 1.807) is 0 Å². The molecule has 1 aliphatic carbocycles. The van der Waals surface area contributed by atoms with Crippen LogP contribution in [0.2, 0.25) is 0 Å². The van der Waals surface area contributed by atoms with Gasteiger partial charge in [-0.2, -0.15) is 0 Å². The Balaban J connectivity index is 1.95. The Morgan fingerprint density at radius 2 is 2.00 bits per heavy atom. The number of fused-ring (bicyclic) bond motifs is 1. The molecule has 1 aliphatic rings. The van der Waals surface area contributed by atoms with E-state index in [0.717, 1.165) is 17.7 Å². The van der Waals surface area contributed by atoms with E-state index in [2.05, 4.69) is 48.0 Å². The van der Waals surface area contributed by atoms with E-state index in [1.807, 2.05) is 0 Å². The molecule has 0 amide bonds. The average Bonchev–Trinajstić information content (AvgIpc) is 2.76. The topological polar surface area (TPSA) is 9.23 Å².